The molecule has 0 bridgehead atoms. The Labute approximate surface area is 114 Å². The number of rotatable bonds is 0. The first kappa shape index (κ1) is 15.6. The maximum atomic E-state index is 4.19. The zero-order valence-electron chi connectivity index (χ0n) is 10.3. The average molecular weight is 351 g/mol. The van der Waals surface area contributed by atoms with Crippen LogP contribution in [0.4, 0.5) is 0 Å². The molecule has 0 aliphatic rings. The van der Waals surface area contributed by atoms with Crippen molar-refractivity contribution in [2.75, 3.05) is 0 Å². The number of aromatic nitrogens is 3. The fourth-order valence-corrected chi connectivity index (χ4v) is 2.15. The first-order valence-electron chi connectivity index (χ1n) is 5.34. The Morgan fingerprint density at radius 3 is 2.25 bits per heavy atom. The minimum absolute atomic E-state index is 0.755. The van der Waals surface area contributed by atoms with E-state index in [0.717, 1.165) is 20.5 Å². The average Bonchev–Trinajstić information content (AvgIpc) is 2.67. The van der Waals surface area contributed by atoms with Crippen LogP contribution in [0.3, 0.4) is 0 Å². The predicted octanol–water partition coefficient (Wildman–Crippen LogP) is 4.62. The summed E-state index contributed by atoms with van der Waals surface area (Å²) in [5, 5.41) is 0. The summed E-state index contributed by atoms with van der Waals surface area (Å²) >= 11 is 6.65. The summed E-state index contributed by atoms with van der Waals surface area (Å²) in [6.45, 7) is 10.00. The summed E-state index contributed by atoms with van der Waals surface area (Å²) in [4.78, 5) is 8.36. The Morgan fingerprint density at radius 1 is 1.12 bits per heavy atom. The third kappa shape index (κ3) is 3.56. The molecule has 16 heavy (non-hydrogen) atoms. The minimum atomic E-state index is 0.755. The molecule has 5 heteroatoms. The quantitative estimate of drug-likeness (QED) is 0.694. The molecule has 0 unspecified atom stereocenters. The maximum Gasteiger partial charge on any atom is 0.170 e. The lowest BCUT2D eigenvalue weighted by Crippen LogP contribution is -1.91. The number of hydrogen-bond donors (Lipinski definition) is 0. The first-order valence-corrected chi connectivity index (χ1v) is 6.93. The molecule has 0 amide bonds. The molecule has 0 saturated carbocycles. The van der Waals surface area contributed by atoms with Gasteiger partial charge in [-0.1, -0.05) is 27.7 Å². The van der Waals surface area contributed by atoms with Crippen LogP contribution in [-0.2, 0) is 0 Å². The van der Waals surface area contributed by atoms with Crippen molar-refractivity contribution in [1.29, 1.82) is 0 Å². The molecule has 3 nitrogen and oxygen atoms in total. The summed E-state index contributed by atoms with van der Waals surface area (Å²) in [5.41, 5.74) is 1.93. The van der Waals surface area contributed by atoms with E-state index in [1.807, 2.05) is 51.4 Å². The van der Waals surface area contributed by atoms with E-state index < -0.39 is 0 Å². The van der Waals surface area contributed by atoms with E-state index in [-0.39, 0.29) is 0 Å². The van der Waals surface area contributed by atoms with Gasteiger partial charge in [0.1, 0.15) is 4.60 Å². The van der Waals surface area contributed by atoms with E-state index in [4.69, 9.17) is 0 Å². The van der Waals surface area contributed by atoms with Gasteiger partial charge in [-0.05, 0) is 38.8 Å². The molecule has 0 fully saturated rings. The van der Waals surface area contributed by atoms with Crippen molar-refractivity contribution in [3.8, 4) is 0 Å². The molecule has 0 spiro atoms. The first-order chi connectivity index (χ1) is 7.68. The molecule has 0 N–H and O–H groups in total. The molecule has 0 aromatic carbocycles. The summed E-state index contributed by atoms with van der Waals surface area (Å²) in [7, 11) is 0. The molecule has 0 aliphatic heterocycles. The maximum absolute atomic E-state index is 4.19. The smallest absolute Gasteiger partial charge is 0.170 e. The number of hydrogen-bond acceptors (Lipinski definition) is 2. The van der Waals surface area contributed by atoms with Gasteiger partial charge in [-0.3, -0.25) is 4.40 Å². The lowest BCUT2D eigenvalue weighted by molar-refractivity contribution is 1.04. The molecule has 0 radical (unpaired) electrons. The Bertz CT molecular complexity index is 438. The minimum Gasteiger partial charge on any atom is -0.299 e. The lowest BCUT2D eigenvalue weighted by atomic mass is 10.5. The standard InChI is InChI=1S/C7H5Br2N3.2C2H6/c1-4-2-10-7-6(9)11-5(8)3-12(4)7;2*1-2/h2-3H,1H3;2*1-2H3. The van der Waals surface area contributed by atoms with Gasteiger partial charge in [-0.25, -0.2) is 9.97 Å². The van der Waals surface area contributed by atoms with Crippen LogP contribution in [0.15, 0.2) is 21.6 Å². The normalized spacial score (nSPS) is 8.94. The molecule has 2 aromatic rings. The molecule has 0 aliphatic carbocycles. The predicted molar refractivity (Wildman–Crippen MR) is 75.8 cm³/mol. The summed E-state index contributed by atoms with van der Waals surface area (Å²) in [6.07, 6.45) is 3.70. The van der Waals surface area contributed by atoms with Crippen molar-refractivity contribution in [2.24, 2.45) is 0 Å². The summed E-state index contributed by atoms with van der Waals surface area (Å²) in [5.74, 6) is 0. The SMILES string of the molecule is CC.CC.Cc1cnc2c(Br)nc(Br)cn12. The van der Waals surface area contributed by atoms with Crippen molar-refractivity contribution in [3.63, 3.8) is 0 Å². The van der Waals surface area contributed by atoms with Crippen molar-refractivity contribution < 1.29 is 0 Å². The van der Waals surface area contributed by atoms with Crippen LogP contribution < -0.4 is 0 Å². The number of fused-ring (bicyclic) bond motifs is 1. The van der Waals surface area contributed by atoms with Crippen molar-refractivity contribution in [1.82, 2.24) is 14.4 Å². The van der Waals surface area contributed by atoms with E-state index in [1.165, 1.54) is 0 Å². The third-order valence-electron chi connectivity index (χ3n) is 1.61. The van der Waals surface area contributed by atoms with E-state index >= 15 is 0 Å². The van der Waals surface area contributed by atoms with Gasteiger partial charge < -0.3 is 0 Å². The second-order valence-corrected chi connectivity index (χ2v) is 4.01. The van der Waals surface area contributed by atoms with Crippen LogP contribution in [0.2, 0.25) is 0 Å². The fraction of sp³-hybridized carbons (Fsp3) is 0.455. The van der Waals surface area contributed by atoms with Crippen LogP contribution in [0, 0.1) is 6.92 Å². The number of nitrogens with zero attached hydrogens (tertiary/aromatic N) is 3. The Hall–Kier alpha value is -0.420. The Kier molecular flexibility index (Phi) is 7.58. The largest absolute Gasteiger partial charge is 0.299 e. The van der Waals surface area contributed by atoms with Gasteiger partial charge >= 0.3 is 0 Å². The molecular formula is C11H17Br2N3. The molecule has 90 valence electrons. The van der Waals surface area contributed by atoms with Crippen LogP contribution in [-0.4, -0.2) is 14.4 Å². The van der Waals surface area contributed by atoms with Gasteiger partial charge in [-0.15, -0.1) is 0 Å². The van der Waals surface area contributed by atoms with Crippen molar-refractivity contribution >= 4 is 37.5 Å². The highest BCUT2D eigenvalue weighted by molar-refractivity contribution is 9.11. The zero-order valence-corrected chi connectivity index (χ0v) is 13.4. The second-order valence-electron chi connectivity index (χ2n) is 2.45. The molecule has 0 atom stereocenters. The van der Waals surface area contributed by atoms with E-state index in [9.17, 15) is 0 Å². The monoisotopic (exact) mass is 349 g/mol. The van der Waals surface area contributed by atoms with E-state index in [2.05, 4.69) is 41.8 Å². The zero-order chi connectivity index (χ0) is 12.7. The molecular weight excluding hydrogens is 334 g/mol. The molecule has 2 heterocycles. The highest BCUT2D eigenvalue weighted by atomic mass is 79.9. The Morgan fingerprint density at radius 2 is 1.69 bits per heavy atom. The molecule has 2 rings (SSSR count). The van der Waals surface area contributed by atoms with Crippen molar-refractivity contribution in [2.45, 2.75) is 34.6 Å². The number of aryl methyl sites for hydroxylation is 1. The van der Waals surface area contributed by atoms with Gasteiger partial charge in [0.15, 0.2) is 10.3 Å². The third-order valence-corrected chi connectivity index (χ3v) is 2.52. The molecule has 2 aromatic heterocycles. The van der Waals surface area contributed by atoms with E-state index in [1.54, 1.807) is 0 Å². The highest BCUT2D eigenvalue weighted by Gasteiger charge is 2.04. The summed E-state index contributed by atoms with van der Waals surface area (Å²) in [6, 6.07) is 0. The van der Waals surface area contributed by atoms with Gasteiger partial charge in [0.05, 0.1) is 0 Å². The van der Waals surface area contributed by atoms with Gasteiger partial charge in [-0.2, -0.15) is 0 Å². The van der Waals surface area contributed by atoms with E-state index in [0.29, 0.717) is 0 Å². The van der Waals surface area contributed by atoms with Crippen LogP contribution >= 0.6 is 31.9 Å². The number of imidazole rings is 1. The fourth-order valence-electron chi connectivity index (χ4n) is 1.04. The van der Waals surface area contributed by atoms with Gasteiger partial charge in [0.2, 0.25) is 0 Å². The highest BCUT2D eigenvalue weighted by Crippen LogP contribution is 2.18. The van der Waals surface area contributed by atoms with Crippen LogP contribution in [0.1, 0.15) is 33.4 Å². The molecule has 0 saturated heterocycles. The lowest BCUT2D eigenvalue weighted by Gasteiger charge is -1.98. The second kappa shape index (κ2) is 7.79. The van der Waals surface area contributed by atoms with Crippen LogP contribution in [0.25, 0.3) is 5.65 Å². The van der Waals surface area contributed by atoms with Crippen molar-refractivity contribution in [3.05, 3.63) is 27.3 Å². The summed E-state index contributed by atoms with van der Waals surface area (Å²) < 4.78 is 3.52. The topological polar surface area (TPSA) is 30.2 Å². The van der Waals surface area contributed by atoms with Gasteiger partial charge in [0, 0.05) is 18.1 Å². The number of halogens is 2. The van der Waals surface area contributed by atoms with Gasteiger partial charge in [0.25, 0.3) is 0 Å². The Balaban J connectivity index is 0.000000509. The van der Waals surface area contributed by atoms with Crippen LogP contribution in [0.5, 0.6) is 0 Å².